The number of aromatic nitrogens is 2. The molecule has 1 aliphatic carbocycles. The highest BCUT2D eigenvalue weighted by Gasteiger charge is 2.27. The third-order valence-corrected chi connectivity index (χ3v) is 4.15. The number of rotatable bonds is 5. The van der Waals surface area contributed by atoms with Gasteiger partial charge in [-0.15, -0.1) is 0 Å². The first-order valence-corrected chi connectivity index (χ1v) is 7.97. The van der Waals surface area contributed by atoms with Crippen LogP contribution in [0.2, 0.25) is 15.2 Å². The molecule has 0 saturated heterocycles. The summed E-state index contributed by atoms with van der Waals surface area (Å²) in [4.78, 5) is 8.77. The second-order valence-electron chi connectivity index (χ2n) is 5.12. The minimum Gasteiger partial charge on any atom is -0.370 e. The van der Waals surface area contributed by atoms with E-state index in [2.05, 4.69) is 15.3 Å². The van der Waals surface area contributed by atoms with Gasteiger partial charge in [-0.2, -0.15) is 0 Å². The molecule has 1 heterocycles. The molecular weight excluding hydrogens is 329 g/mol. The van der Waals surface area contributed by atoms with Crippen molar-refractivity contribution in [3.8, 4) is 0 Å². The van der Waals surface area contributed by atoms with Gasteiger partial charge in [0.15, 0.2) is 0 Å². The maximum atomic E-state index is 6.15. The first-order valence-electron chi connectivity index (χ1n) is 6.84. The first kappa shape index (κ1) is 14.9. The summed E-state index contributed by atoms with van der Waals surface area (Å²) >= 11 is 18.1. The van der Waals surface area contributed by atoms with Crippen molar-refractivity contribution in [2.75, 3.05) is 11.9 Å². The van der Waals surface area contributed by atoms with Crippen LogP contribution in [0.3, 0.4) is 0 Å². The molecule has 0 atom stereocenters. The van der Waals surface area contributed by atoms with Crippen molar-refractivity contribution in [1.82, 2.24) is 9.97 Å². The number of nitrogens with zero attached hydrogens (tertiary/aromatic N) is 2. The minimum absolute atomic E-state index is 0.481. The molecule has 0 bridgehead atoms. The Hall–Kier alpha value is -1.03. The Bertz CT molecular complexity index is 657. The summed E-state index contributed by atoms with van der Waals surface area (Å²) < 4.78 is 0. The van der Waals surface area contributed by atoms with E-state index in [9.17, 15) is 0 Å². The molecule has 0 aliphatic heterocycles. The molecule has 110 valence electrons. The Labute approximate surface area is 138 Å². The zero-order valence-corrected chi connectivity index (χ0v) is 13.5. The summed E-state index contributed by atoms with van der Waals surface area (Å²) in [6.45, 7) is 0.721. The van der Waals surface area contributed by atoms with E-state index in [1.807, 2.05) is 12.1 Å². The van der Waals surface area contributed by atoms with E-state index in [0.29, 0.717) is 21.1 Å². The highest BCUT2D eigenvalue weighted by atomic mass is 35.5. The van der Waals surface area contributed by atoms with Crippen molar-refractivity contribution in [3.05, 3.63) is 50.9 Å². The minimum atomic E-state index is 0.481. The van der Waals surface area contributed by atoms with Crippen molar-refractivity contribution in [3.63, 3.8) is 0 Å². The SMILES string of the molecule is Clc1ccc(CCNc2cc(Cl)nc(C3CC3)n2)c(Cl)c1. The topological polar surface area (TPSA) is 37.8 Å². The second kappa shape index (κ2) is 6.39. The highest BCUT2D eigenvalue weighted by Crippen LogP contribution is 2.38. The zero-order chi connectivity index (χ0) is 14.8. The van der Waals surface area contributed by atoms with Gasteiger partial charge in [0.2, 0.25) is 0 Å². The van der Waals surface area contributed by atoms with Gasteiger partial charge in [-0.1, -0.05) is 40.9 Å². The molecule has 1 aromatic heterocycles. The Balaban J connectivity index is 1.62. The molecular formula is C15H14Cl3N3. The van der Waals surface area contributed by atoms with Gasteiger partial charge < -0.3 is 5.32 Å². The van der Waals surface area contributed by atoms with E-state index in [1.165, 1.54) is 0 Å². The lowest BCUT2D eigenvalue weighted by Gasteiger charge is -2.09. The summed E-state index contributed by atoms with van der Waals surface area (Å²) in [7, 11) is 0. The van der Waals surface area contributed by atoms with Gasteiger partial charge in [-0.25, -0.2) is 9.97 Å². The van der Waals surface area contributed by atoms with Gasteiger partial charge in [0.05, 0.1) is 0 Å². The van der Waals surface area contributed by atoms with Crippen molar-refractivity contribution in [1.29, 1.82) is 0 Å². The smallest absolute Gasteiger partial charge is 0.135 e. The van der Waals surface area contributed by atoms with Crippen LogP contribution in [0.15, 0.2) is 24.3 Å². The van der Waals surface area contributed by atoms with E-state index in [1.54, 1.807) is 12.1 Å². The summed E-state index contributed by atoms with van der Waals surface area (Å²) in [5.41, 5.74) is 1.05. The molecule has 1 fully saturated rings. The molecule has 1 aliphatic rings. The van der Waals surface area contributed by atoms with Gasteiger partial charge in [0, 0.05) is 28.6 Å². The second-order valence-corrected chi connectivity index (χ2v) is 6.35. The fourth-order valence-corrected chi connectivity index (χ4v) is 2.79. The number of hydrogen-bond donors (Lipinski definition) is 1. The van der Waals surface area contributed by atoms with Crippen LogP contribution < -0.4 is 5.32 Å². The molecule has 1 N–H and O–H groups in total. The molecule has 3 nitrogen and oxygen atoms in total. The molecule has 1 aromatic carbocycles. The number of benzene rings is 1. The van der Waals surface area contributed by atoms with Crippen LogP contribution in [0.1, 0.15) is 30.1 Å². The van der Waals surface area contributed by atoms with E-state index in [-0.39, 0.29) is 0 Å². The van der Waals surface area contributed by atoms with Crippen molar-refractivity contribution >= 4 is 40.6 Å². The Morgan fingerprint density at radius 2 is 1.90 bits per heavy atom. The molecule has 0 unspecified atom stereocenters. The molecule has 6 heteroatoms. The van der Waals surface area contributed by atoms with Gasteiger partial charge in [0.1, 0.15) is 16.8 Å². The predicted molar refractivity (Wildman–Crippen MR) is 87.7 cm³/mol. The number of halogens is 3. The van der Waals surface area contributed by atoms with Crippen LogP contribution in [0.5, 0.6) is 0 Å². The summed E-state index contributed by atoms with van der Waals surface area (Å²) in [5.74, 6) is 2.09. The number of anilines is 1. The first-order chi connectivity index (χ1) is 10.1. The highest BCUT2D eigenvalue weighted by molar-refractivity contribution is 6.35. The maximum absolute atomic E-state index is 6.15. The third kappa shape index (κ3) is 4.00. The van der Waals surface area contributed by atoms with Crippen LogP contribution in [-0.4, -0.2) is 16.5 Å². The number of nitrogens with one attached hydrogen (secondary N) is 1. The van der Waals surface area contributed by atoms with Crippen LogP contribution in [0.25, 0.3) is 0 Å². The molecule has 3 rings (SSSR count). The maximum Gasteiger partial charge on any atom is 0.135 e. The Kier molecular flexibility index (Phi) is 4.53. The van der Waals surface area contributed by atoms with Gasteiger partial charge in [-0.3, -0.25) is 0 Å². The molecule has 1 saturated carbocycles. The molecule has 0 amide bonds. The number of hydrogen-bond acceptors (Lipinski definition) is 3. The fraction of sp³-hybridized carbons (Fsp3) is 0.333. The predicted octanol–water partition coefficient (Wildman–Crippen LogP) is 4.97. The molecule has 2 aromatic rings. The van der Waals surface area contributed by atoms with Gasteiger partial charge in [-0.05, 0) is 37.0 Å². The molecule has 21 heavy (non-hydrogen) atoms. The average molecular weight is 343 g/mol. The van der Waals surface area contributed by atoms with E-state index in [4.69, 9.17) is 34.8 Å². The standard InChI is InChI=1S/C15H14Cl3N3/c16-11-4-3-9(12(17)7-11)5-6-19-14-8-13(18)20-15(21-14)10-1-2-10/h3-4,7-8,10H,1-2,5-6H2,(H,19,20,21). The zero-order valence-electron chi connectivity index (χ0n) is 11.2. The summed E-state index contributed by atoms with van der Waals surface area (Å²) in [6.07, 6.45) is 3.09. The van der Waals surface area contributed by atoms with Crippen LogP contribution in [0, 0.1) is 0 Å². The summed E-state index contributed by atoms with van der Waals surface area (Å²) in [6, 6.07) is 7.28. The Morgan fingerprint density at radius 1 is 1.10 bits per heavy atom. The lowest BCUT2D eigenvalue weighted by molar-refractivity contribution is 0.915. The van der Waals surface area contributed by atoms with Gasteiger partial charge >= 0.3 is 0 Å². The van der Waals surface area contributed by atoms with Crippen LogP contribution in [0.4, 0.5) is 5.82 Å². The van der Waals surface area contributed by atoms with E-state index in [0.717, 1.165) is 43.0 Å². The fourth-order valence-electron chi connectivity index (χ4n) is 2.10. The lowest BCUT2D eigenvalue weighted by atomic mass is 10.1. The third-order valence-electron chi connectivity index (χ3n) is 3.37. The normalized spacial score (nSPS) is 14.2. The molecule has 0 radical (unpaired) electrons. The quantitative estimate of drug-likeness (QED) is 0.780. The van der Waals surface area contributed by atoms with E-state index < -0.39 is 0 Å². The summed E-state index contributed by atoms with van der Waals surface area (Å²) in [5, 5.41) is 5.09. The lowest BCUT2D eigenvalue weighted by Crippen LogP contribution is -2.08. The van der Waals surface area contributed by atoms with Gasteiger partial charge in [0.25, 0.3) is 0 Å². The van der Waals surface area contributed by atoms with Crippen molar-refractivity contribution in [2.45, 2.75) is 25.2 Å². The Morgan fingerprint density at radius 3 is 2.62 bits per heavy atom. The molecule has 0 spiro atoms. The van der Waals surface area contributed by atoms with Crippen LogP contribution in [-0.2, 0) is 6.42 Å². The van der Waals surface area contributed by atoms with Crippen LogP contribution >= 0.6 is 34.8 Å². The largest absolute Gasteiger partial charge is 0.370 e. The van der Waals surface area contributed by atoms with E-state index >= 15 is 0 Å². The monoisotopic (exact) mass is 341 g/mol. The average Bonchev–Trinajstić information content (AvgIpc) is 3.25. The van der Waals surface area contributed by atoms with Crippen molar-refractivity contribution < 1.29 is 0 Å². The van der Waals surface area contributed by atoms with Crippen molar-refractivity contribution in [2.24, 2.45) is 0 Å².